The number of allylic oxidation sites excluding steroid dienone is 2. The molecule has 0 unspecified atom stereocenters. The van der Waals surface area contributed by atoms with E-state index in [1.54, 1.807) is 32.9 Å². The maximum absolute atomic E-state index is 11.4. The molecule has 0 aliphatic rings. The minimum Gasteiger partial charge on any atom is -0.367 e. The molecule has 0 radical (unpaired) electrons. The molecule has 0 aliphatic heterocycles. The fourth-order valence-electron chi connectivity index (χ4n) is 0.975. The van der Waals surface area contributed by atoms with Crippen LogP contribution in [0, 0.1) is 0 Å². The molecule has 1 aromatic rings. The zero-order valence-electron chi connectivity index (χ0n) is 10.8. The van der Waals surface area contributed by atoms with Gasteiger partial charge in [-0.25, -0.2) is 4.18 Å². The normalized spacial score (nSPS) is 10.4. The lowest BCUT2D eigenvalue weighted by molar-refractivity contribution is 0.239. The molecule has 0 aromatic heterocycles. The second-order valence-electron chi connectivity index (χ2n) is 3.80. The highest BCUT2D eigenvalue weighted by Crippen LogP contribution is 2.11. The summed E-state index contributed by atoms with van der Waals surface area (Å²) < 4.78 is 32.4. The van der Waals surface area contributed by atoms with Gasteiger partial charge in [0.15, 0.2) is 0 Å². The Hall–Kier alpha value is -1.37. The first-order chi connectivity index (χ1) is 7.91. The Bertz CT molecular complexity index is 490. The van der Waals surface area contributed by atoms with E-state index in [-0.39, 0.29) is 12.8 Å². The topological polar surface area (TPSA) is 87.6 Å². The minimum absolute atomic E-state index is 0. The van der Waals surface area contributed by atoms with E-state index >= 15 is 0 Å². The SMILES string of the molecule is CC(C)=C(C)OS(=O)(=O)OCc1ccccc1.N. The van der Waals surface area contributed by atoms with Gasteiger partial charge in [0.2, 0.25) is 0 Å². The summed E-state index contributed by atoms with van der Waals surface area (Å²) in [5.74, 6) is 0.332. The lowest BCUT2D eigenvalue weighted by Crippen LogP contribution is -2.09. The van der Waals surface area contributed by atoms with Gasteiger partial charge in [0.1, 0.15) is 5.76 Å². The smallest absolute Gasteiger partial charge is 0.367 e. The van der Waals surface area contributed by atoms with Crippen LogP contribution < -0.4 is 6.15 Å². The summed E-state index contributed by atoms with van der Waals surface area (Å²) in [5.41, 5.74) is 1.56. The van der Waals surface area contributed by atoms with Gasteiger partial charge < -0.3 is 10.3 Å². The summed E-state index contributed by atoms with van der Waals surface area (Å²) in [6, 6.07) is 9.04. The van der Waals surface area contributed by atoms with Crippen LogP contribution in [0.5, 0.6) is 0 Å². The van der Waals surface area contributed by atoms with Crippen LogP contribution in [0.15, 0.2) is 41.7 Å². The first-order valence-corrected chi connectivity index (χ1v) is 6.51. The molecule has 0 bridgehead atoms. The van der Waals surface area contributed by atoms with E-state index in [2.05, 4.69) is 0 Å². The van der Waals surface area contributed by atoms with Crippen molar-refractivity contribution in [3.63, 3.8) is 0 Å². The molecule has 5 nitrogen and oxygen atoms in total. The predicted octanol–water partition coefficient (Wildman–Crippen LogP) is 2.94. The molecule has 0 heterocycles. The Morgan fingerprint density at radius 2 is 1.67 bits per heavy atom. The summed E-state index contributed by atoms with van der Waals surface area (Å²) in [6.45, 7) is 5.09. The van der Waals surface area contributed by atoms with E-state index in [1.165, 1.54) is 0 Å². The van der Waals surface area contributed by atoms with Gasteiger partial charge >= 0.3 is 10.4 Å². The fraction of sp³-hybridized carbons (Fsp3) is 0.333. The van der Waals surface area contributed by atoms with Gasteiger partial charge in [-0.3, -0.25) is 0 Å². The summed E-state index contributed by atoms with van der Waals surface area (Å²) in [4.78, 5) is 0. The zero-order valence-corrected chi connectivity index (χ0v) is 11.7. The molecule has 0 amide bonds. The van der Waals surface area contributed by atoms with Crippen molar-refractivity contribution in [2.24, 2.45) is 0 Å². The Balaban J connectivity index is 0.00000289. The molecule has 102 valence electrons. The van der Waals surface area contributed by atoms with Crippen molar-refractivity contribution in [1.82, 2.24) is 6.15 Å². The molecule has 1 rings (SSSR count). The molecule has 0 saturated carbocycles. The molecule has 0 spiro atoms. The van der Waals surface area contributed by atoms with Crippen molar-refractivity contribution in [1.29, 1.82) is 0 Å². The molecule has 18 heavy (non-hydrogen) atoms. The fourth-order valence-corrected chi connectivity index (χ4v) is 1.78. The highest BCUT2D eigenvalue weighted by Gasteiger charge is 2.14. The van der Waals surface area contributed by atoms with Gasteiger partial charge in [-0.1, -0.05) is 30.3 Å². The standard InChI is InChI=1S/C12H16O4S.H3N/c1-10(2)11(3)16-17(13,14)15-9-12-7-5-4-6-8-12;/h4-8H,9H2,1-3H3;1H3. The van der Waals surface area contributed by atoms with Crippen LogP contribution in [0.25, 0.3) is 0 Å². The molecule has 0 aliphatic carbocycles. The summed E-state index contributed by atoms with van der Waals surface area (Å²) in [6.07, 6.45) is 0. The molecule has 0 fully saturated rings. The lowest BCUT2D eigenvalue weighted by Gasteiger charge is -2.08. The predicted molar refractivity (Wildman–Crippen MR) is 70.3 cm³/mol. The van der Waals surface area contributed by atoms with Crippen molar-refractivity contribution in [3.8, 4) is 0 Å². The van der Waals surface area contributed by atoms with E-state index in [0.29, 0.717) is 5.76 Å². The second kappa shape index (κ2) is 7.15. The molecule has 1 aromatic carbocycles. The first-order valence-electron chi connectivity index (χ1n) is 5.17. The van der Waals surface area contributed by atoms with E-state index in [9.17, 15) is 8.42 Å². The Morgan fingerprint density at radius 3 is 2.17 bits per heavy atom. The number of hydrogen-bond donors (Lipinski definition) is 1. The van der Waals surface area contributed by atoms with Crippen molar-refractivity contribution in [3.05, 3.63) is 47.2 Å². The van der Waals surface area contributed by atoms with Gasteiger partial charge in [0, 0.05) is 0 Å². The molecule has 0 saturated heterocycles. The zero-order chi connectivity index (χ0) is 12.9. The first kappa shape index (κ1) is 16.6. The van der Waals surface area contributed by atoms with Crippen molar-refractivity contribution in [2.45, 2.75) is 27.4 Å². The van der Waals surface area contributed by atoms with Gasteiger partial charge in [-0.15, -0.1) is 0 Å². The summed E-state index contributed by atoms with van der Waals surface area (Å²) in [5, 5.41) is 0. The van der Waals surface area contributed by atoms with Gasteiger partial charge in [-0.2, -0.15) is 8.42 Å². The molecular weight excluding hydrogens is 254 g/mol. The van der Waals surface area contributed by atoms with Crippen LogP contribution in [-0.2, 0) is 25.4 Å². The third-order valence-corrected chi connectivity index (χ3v) is 3.00. The van der Waals surface area contributed by atoms with E-state index < -0.39 is 10.4 Å². The molecule has 3 N–H and O–H groups in total. The van der Waals surface area contributed by atoms with Crippen LogP contribution in [0.4, 0.5) is 0 Å². The monoisotopic (exact) mass is 273 g/mol. The number of benzene rings is 1. The van der Waals surface area contributed by atoms with Gasteiger partial charge in [0.05, 0.1) is 6.61 Å². The Morgan fingerprint density at radius 1 is 1.11 bits per heavy atom. The average Bonchev–Trinajstić information content (AvgIpc) is 2.27. The Labute approximate surface area is 108 Å². The minimum atomic E-state index is -3.98. The number of rotatable bonds is 5. The van der Waals surface area contributed by atoms with Crippen LogP contribution in [-0.4, -0.2) is 8.42 Å². The Kier molecular flexibility index (Phi) is 6.61. The van der Waals surface area contributed by atoms with Crippen LogP contribution in [0.3, 0.4) is 0 Å². The summed E-state index contributed by atoms with van der Waals surface area (Å²) >= 11 is 0. The highest BCUT2D eigenvalue weighted by molar-refractivity contribution is 7.81. The third-order valence-electron chi connectivity index (χ3n) is 2.14. The van der Waals surface area contributed by atoms with Gasteiger partial charge in [0.25, 0.3) is 0 Å². The van der Waals surface area contributed by atoms with E-state index in [4.69, 9.17) is 8.37 Å². The largest absolute Gasteiger partial charge is 0.449 e. The maximum Gasteiger partial charge on any atom is 0.449 e. The number of hydrogen-bond acceptors (Lipinski definition) is 5. The third kappa shape index (κ3) is 5.81. The molecule has 6 heteroatoms. The molecule has 0 atom stereocenters. The van der Waals surface area contributed by atoms with Crippen molar-refractivity contribution in [2.75, 3.05) is 0 Å². The van der Waals surface area contributed by atoms with Crippen LogP contribution >= 0.6 is 0 Å². The average molecular weight is 273 g/mol. The van der Waals surface area contributed by atoms with Gasteiger partial charge in [-0.05, 0) is 31.9 Å². The quantitative estimate of drug-likeness (QED) is 0.833. The molecular formula is C12H19NO4S. The van der Waals surface area contributed by atoms with Crippen LogP contribution in [0.2, 0.25) is 0 Å². The highest BCUT2D eigenvalue weighted by atomic mass is 32.3. The van der Waals surface area contributed by atoms with Crippen molar-refractivity contribution >= 4 is 10.4 Å². The van der Waals surface area contributed by atoms with Crippen LogP contribution in [0.1, 0.15) is 26.3 Å². The van der Waals surface area contributed by atoms with E-state index in [1.807, 2.05) is 18.2 Å². The summed E-state index contributed by atoms with van der Waals surface area (Å²) in [7, 11) is -3.98. The van der Waals surface area contributed by atoms with Crippen molar-refractivity contribution < 1.29 is 16.8 Å². The maximum atomic E-state index is 11.4. The van der Waals surface area contributed by atoms with E-state index in [0.717, 1.165) is 11.1 Å². The lowest BCUT2D eigenvalue weighted by atomic mass is 10.2. The second-order valence-corrected chi connectivity index (χ2v) is 5.01.